The molecule has 1 rings (SSSR count). The molecule has 88 valence electrons. The lowest BCUT2D eigenvalue weighted by atomic mass is 10.1. The molecule has 1 atom stereocenters. The van der Waals surface area contributed by atoms with Crippen molar-refractivity contribution >= 4 is 16.0 Å². The Hall–Kier alpha value is -0.660. The first-order chi connectivity index (χ1) is 6.99. The van der Waals surface area contributed by atoms with Crippen molar-refractivity contribution in [2.24, 2.45) is 0 Å². The van der Waals surface area contributed by atoms with Crippen LogP contribution in [0.25, 0.3) is 0 Å². The van der Waals surface area contributed by atoms with Crippen molar-refractivity contribution in [3.63, 3.8) is 0 Å². The molecule has 0 saturated carbocycles. The molecule has 1 heterocycles. The van der Waals surface area contributed by atoms with E-state index >= 15 is 0 Å². The summed E-state index contributed by atoms with van der Waals surface area (Å²) in [6, 6.07) is -0.0995. The van der Waals surface area contributed by atoms with E-state index in [1.54, 1.807) is 0 Å². The second kappa shape index (κ2) is 5.43. The Morgan fingerprint density at radius 2 is 2.27 bits per heavy atom. The maximum atomic E-state index is 11.4. The molecule has 0 aliphatic carbocycles. The molecule has 7 heteroatoms. The average molecular weight is 236 g/mol. The number of hydrogen-bond donors (Lipinski definition) is 3. The predicted octanol–water partition coefficient (Wildman–Crippen LogP) is -0.867. The number of rotatable bonds is 5. The van der Waals surface area contributed by atoms with Crippen LogP contribution >= 0.6 is 0 Å². The molecule has 15 heavy (non-hydrogen) atoms. The predicted molar refractivity (Wildman–Crippen MR) is 55.1 cm³/mol. The first kappa shape index (κ1) is 12.4. The lowest BCUT2D eigenvalue weighted by Gasteiger charge is -2.23. The maximum Gasteiger partial charge on any atom is 0.304 e. The number of carboxylic acid groups (broad SMARTS) is 1. The maximum absolute atomic E-state index is 11.4. The molecule has 3 N–H and O–H groups in total. The molecule has 1 aliphatic rings. The van der Waals surface area contributed by atoms with E-state index in [-0.39, 0.29) is 18.2 Å². The van der Waals surface area contributed by atoms with E-state index in [1.807, 2.05) is 0 Å². The molecular formula is C8H16N2O4S. The van der Waals surface area contributed by atoms with Gasteiger partial charge in [0.1, 0.15) is 0 Å². The highest BCUT2D eigenvalue weighted by Gasteiger charge is 2.20. The smallest absolute Gasteiger partial charge is 0.304 e. The molecule has 1 fully saturated rings. The Morgan fingerprint density at radius 3 is 2.80 bits per heavy atom. The summed E-state index contributed by atoms with van der Waals surface area (Å²) in [6.45, 7) is 1.53. The Labute approximate surface area is 89.1 Å². The van der Waals surface area contributed by atoms with Gasteiger partial charge in [0.05, 0.1) is 12.2 Å². The molecular weight excluding hydrogens is 220 g/mol. The molecule has 6 nitrogen and oxygen atoms in total. The molecule has 0 spiro atoms. The first-order valence-corrected chi connectivity index (χ1v) is 6.57. The Balaban J connectivity index is 2.37. The second-order valence-electron chi connectivity index (χ2n) is 3.62. The van der Waals surface area contributed by atoms with Crippen LogP contribution in [0.3, 0.4) is 0 Å². The third-order valence-corrected chi connectivity index (χ3v) is 3.66. The van der Waals surface area contributed by atoms with Gasteiger partial charge in [0.2, 0.25) is 10.0 Å². The zero-order valence-electron chi connectivity index (χ0n) is 8.40. The van der Waals surface area contributed by atoms with Crippen molar-refractivity contribution in [1.82, 2.24) is 10.0 Å². The van der Waals surface area contributed by atoms with Crippen molar-refractivity contribution in [1.29, 1.82) is 0 Å². The van der Waals surface area contributed by atoms with Gasteiger partial charge in [-0.05, 0) is 19.4 Å². The summed E-state index contributed by atoms with van der Waals surface area (Å²) in [5.74, 6) is -1.44. The van der Waals surface area contributed by atoms with Gasteiger partial charge in [0.15, 0.2) is 0 Å². The third-order valence-electron chi connectivity index (χ3n) is 2.23. The number of sulfonamides is 1. The van der Waals surface area contributed by atoms with Crippen molar-refractivity contribution in [3.05, 3.63) is 0 Å². The van der Waals surface area contributed by atoms with E-state index in [0.717, 1.165) is 19.4 Å². The number of piperidine rings is 1. The van der Waals surface area contributed by atoms with E-state index in [4.69, 9.17) is 5.11 Å². The standard InChI is InChI=1S/C8H16N2O4S/c11-8(12)3-5-15(13,14)10-7-2-1-4-9-6-7/h7,9-10H,1-6H2,(H,11,12)/t7-/m0/s1. The van der Waals surface area contributed by atoms with Crippen LogP contribution in [0.1, 0.15) is 19.3 Å². The fraction of sp³-hybridized carbons (Fsp3) is 0.875. The van der Waals surface area contributed by atoms with E-state index < -0.39 is 16.0 Å². The summed E-state index contributed by atoms with van der Waals surface area (Å²) in [5.41, 5.74) is 0. The summed E-state index contributed by atoms with van der Waals surface area (Å²) >= 11 is 0. The quantitative estimate of drug-likeness (QED) is 0.577. The lowest BCUT2D eigenvalue weighted by Crippen LogP contribution is -2.46. The molecule has 0 aromatic heterocycles. The third kappa shape index (κ3) is 5.10. The summed E-state index contributed by atoms with van der Waals surface area (Å²) in [4.78, 5) is 10.2. The van der Waals surface area contributed by atoms with Crippen molar-refractivity contribution in [3.8, 4) is 0 Å². The number of hydrogen-bond acceptors (Lipinski definition) is 4. The normalized spacial score (nSPS) is 22.5. The van der Waals surface area contributed by atoms with Gasteiger partial charge in [-0.15, -0.1) is 0 Å². The molecule has 0 aromatic carbocycles. The van der Waals surface area contributed by atoms with E-state index in [2.05, 4.69) is 10.0 Å². The van der Waals surface area contributed by atoms with Gasteiger partial charge in [0.25, 0.3) is 0 Å². The SMILES string of the molecule is O=C(O)CCS(=O)(=O)N[C@H]1CCCNC1. The fourth-order valence-electron chi connectivity index (χ4n) is 1.49. The van der Waals surface area contributed by atoms with Gasteiger partial charge in [-0.1, -0.05) is 0 Å². The number of carboxylic acids is 1. The summed E-state index contributed by atoms with van der Waals surface area (Å²) in [7, 11) is -3.45. The molecule has 1 aliphatic heterocycles. The minimum Gasteiger partial charge on any atom is -0.481 e. The van der Waals surface area contributed by atoms with Gasteiger partial charge >= 0.3 is 5.97 Å². The van der Waals surface area contributed by atoms with E-state index in [9.17, 15) is 13.2 Å². The largest absolute Gasteiger partial charge is 0.481 e. The van der Waals surface area contributed by atoms with Crippen molar-refractivity contribution in [2.45, 2.75) is 25.3 Å². The zero-order chi connectivity index (χ0) is 11.3. The van der Waals surface area contributed by atoms with Crippen LogP contribution in [0.2, 0.25) is 0 Å². The second-order valence-corrected chi connectivity index (χ2v) is 5.50. The van der Waals surface area contributed by atoms with Crippen LogP contribution in [-0.4, -0.2) is 44.4 Å². The molecule has 0 unspecified atom stereocenters. The highest BCUT2D eigenvalue weighted by atomic mass is 32.2. The van der Waals surface area contributed by atoms with Crippen molar-refractivity contribution in [2.75, 3.05) is 18.8 Å². The monoisotopic (exact) mass is 236 g/mol. The summed E-state index contributed by atoms with van der Waals surface area (Å²) in [6.07, 6.45) is 1.39. The molecule has 1 saturated heterocycles. The molecule has 0 amide bonds. The van der Waals surface area contributed by atoms with Crippen LogP contribution in [0.15, 0.2) is 0 Å². The highest BCUT2D eigenvalue weighted by Crippen LogP contribution is 2.03. The average Bonchev–Trinajstić information content (AvgIpc) is 2.16. The molecule has 0 bridgehead atoms. The topological polar surface area (TPSA) is 95.5 Å². The van der Waals surface area contributed by atoms with E-state index in [1.165, 1.54) is 0 Å². The van der Waals surface area contributed by atoms with Gasteiger partial charge < -0.3 is 10.4 Å². The van der Waals surface area contributed by atoms with E-state index in [0.29, 0.717) is 6.54 Å². The Bertz CT molecular complexity index is 309. The fourth-order valence-corrected chi connectivity index (χ4v) is 2.76. The van der Waals surface area contributed by atoms with Crippen LogP contribution in [0, 0.1) is 0 Å². The number of aliphatic carboxylic acids is 1. The zero-order valence-corrected chi connectivity index (χ0v) is 9.22. The minimum atomic E-state index is -3.45. The number of nitrogens with one attached hydrogen (secondary N) is 2. The van der Waals surface area contributed by atoms with Crippen LogP contribution in [0.4, 0.5) is 0 Å². The van der Waals surface area contributed by atoms with Crippen LogP contribution in [0.5, 0.6) is 0 Å². The first-order valence-electron chi connectivity index (χ1n) is 4.92. The minimum absolute atomic E-state index is 0.0995. The Kier molecular flexibility index (Phi) is 4.49. The van der Waals surface area contributed by atoms with Gasteiger partial charge in [-0.2, -0.15) is 0 Å². The van der Waals surface area contributed by atoms with Crippen LogP contribution < -0.4 is 10.0 Å². The highest BCUT2D eigenvalue weighted by molar-refractivity contribution is 7.89. The molecule has 0 radical (unpaired) electrons. The summed E-state index contributed by atoms with van der Waals surface area (Å²) in [5, 5.41) is 11.5. The van der Waals surface area contributed by atoms with Gasteiger partial charge in [-0.25, -0.2) is 13.1 Å². The van der Waals surface area contributed by atoms with Crippen LogP contribution in [-0.2, 0) is 14.8 Å². The lowest BCUT2D eigenvalue weighted by molar-refractivity contribution is -0.136. The number of carbonyl (C=O) groups is 1. The Morgan fingerprint density at radius 1 is 1.53 bits per heavy atom. The molecule has 0 aromatic rings. The summed E-state index contributed by atoms with van der Waals surface area (Å²) < 4.78 is 25.3. The van der Waals surface area contributed by atoms with Gasteiger partial charge in [-0.3, -0.25) is 4.79 Å². The van der Waals surface area contributed by atoms with Crippen molar-refractivity contribution < 1.29 is 18.3 Å². The van der Waals surface area contributed by atoms with Gasteiger partial charge in [0, 0.05) is 12.6 Å².